The minimum Gasteiger partial charge on any atom is -0.0654 e. The van der Waals surface area contributed by atoms with E-state index in [0.29, 0.717) is 0 Å². The van der Waals surface area contributed by atoms with Crippen molar-refractivity contribution in [2.45, 2.75) is 64.1 Å². The Morgan fingerprint density at radius 1 is 1.00 bits per heavy atom. The molecule has 1 aromatic rings. The summed E-state index contributed by atoms with van der Waals surface area (Å²) in [7, 11) is -1.16. The van der Waals surface area contributed by atoms with Crippen molar-refractivity contribution in [3.05, 3.63) is 30.3 Å². The quantitative estimate of drug-likeness (QED) is 0.656. The van der Waals surface area contributed by atoms with Gasteiger partial charge in [-0.15, -0.1) is 0 Å². The molecule has 0 N–H and O–H groups in total. The zero-order chi connectivity index (χ0) is 12.8. The summed E-state index contributed by atoms with van der Waals surface area (Å²) < 4.78 is 0. The van der Waals surface area contributed by atoms with Crippen molar-refractivity contribution in [3.8, 4) is 0 Å². The minimum absolute atomic E-state index is 1.05. The van der Waals surface area contributed by atoms with Gasteiger partial charge in [-0.1, -0.05) is 99.6 Å². The first-order valence-electron chi connectivity index (χ1n) is 7.74. The van der Waals surface area contributed by atoms with Gasteiger partial charge in [0.05, 0.1) is 8.07 Å². The van der Waals surface area contributed by atoms with E-state index in [1.54, 1.807) is 5.19 Å². The van der Waals surface area contributed by atoms with Crippen molar-refractivity contribution >= 4 is 13.3 Å². The zero-order valence-corrected chi connectivity index (χ0v) is 13.1. The fraction of sp³-hybridized carbons (Fsp3) is 0.647. The van der Waals surface area contributed by atoms with Gasteiger partial charge in [0.2, 0.25) is 0 Å². The molecular formula is C17H28Si. The van der Waals surface area contributed by atoms with Gasteiger partial charge in [0, 0.05) is 0 Å². The third kappa shape index (κ3) is 3.98. The van der Waals surface area contributed by atoms with Crippen LogP contribution in [0.3, 0.4) is 0 Å². The van der Waals surface area contributed by atoms with Crippen LogP contribution in [-0.4, -0.2) is 8.07 Å². The van der Waals surface area contributed by atoms with Crippen LogP contribution in [0.15, 0.2) is 30.3 Å². The Balaban J connectivity index is 1.78. The molecule has 100 valence electrons. The van der Waals surface area contributed by atoms with Gasteiger partial charge in [-0.2, -0.15) is 0 Å². The van der Waals surface area contributed by atoms with Crippen LogP contribution in [0.4, 0.5) is 0 Å². The molecule has 1 aromatic carbocycles. The first-order chi connectivity index (χ1) is 8.68. The van der Waals surface area contributed by atoms with Crippen LogP contribution < -0.4 is 5.19 Å². The standard InChI is InChI=1S/C17H28Si/c1-18(2,17-13-7-4-8-14-17)15-9-12-16-10-5-3-6-11-16/h4,7-8,13-14,16H,3,5-6,9-12,15H2,1-2H3. The van der Waals surface area contributed by atoms with Crippen LogP contribution in [0.1, 0.15) is 44.9 Å². The van der Waals surface area contributed by atoms with Gasteiger partial charge in [-0.3, -0.25) is 0 Å². The van der Waals surface area contributed by atoms with E-state index in [2.05, 4.69) is 43.4 Å². The maximum absolute atomic E-state index is 2.53. The predicted octanol–water partition coefficient (Wildman–Crippen LogP) is 4.96. The molecule has 0 aromatic heterocycles. The lowest BCUT2D eigenvalue weighted by Gasteiger charge is -2.26. The molecule has 0 radical (unpaired) electrons. The van der Waals surface area contributed by atoms with Gasteiger partial charge in [0.1, 0.15) is 0 Å². The lowest BCUT2D eigenvalue weighted by molar-refractivity contribution is 0.336. The van der Waals surface area contributed by atoms with Gasteiger partial charge >= 0.3 is 0 Å². The van der Waals surface area contributed by atoms with Crippen molar-refractivity contribution in [3.63, 3.8) is 0 Å². The highest BCUT2D eigenvalue weighted by Crippen LogP contribution is 2.28. The third-order valence-electron chi connectivity index (χ3n) is 4.69. The van der Waals surface area contributed by atoms with Crippen LogP contribution in [0, 0.1) is 5.92 Å². The maximum atomic E-state index is 2.53. The van der Waals surface area contributed by atoms with Gasteiger partial charge in [0.25, 0.3) is 0 Å². The Morgan fingerprint density at radius 2 is 1.67 bits per heavy atom. The molecule has 1 aliphatic carbocycles. The largest absolute Gasteiger partial charge is 0.0806 e. The highest BCUT2D eigenvalue weighted by molar-refractivity contribution is 6.89. The van der Waals surface area contributed by atoms with E-state index < -0.39 is 8.07 Å². The van der Waals surface area contributed by atoms with E-state index in [-0.39, 0.29) is 0 Å². The molecule has 0 nitrogen and oxygen atoms in total. The van der Waals surface area contributed by atoms with E-state index in [1.807, 2.05) is 0 Å². The second-order valence-corrected chi connectivity index (χ2v) is 11.5. The van der Waals surface area contributed by atoms with E-state index >= 15 is 0 Å². The number of rotatable bonds is 5. The summed E-state index contributed by atoms with van der Waals surface area (Å²) in [6, 6.07) is 12.7. The van der Waals surface area contributed by atoms with Crippen LogP contribution in [0.25, 0.3) is 0 Å². The third-order valence-corrected chi connectivity index (χ3v) is 8.19. The lowest BCUT2D eigenvalue weighted by Crippen LogP contribution is -2.40. The molecule has 0 atom stereocenters. The predicted molar refractivity (Wildman–Crippen MR) is 84.2 cm³/mol. The van der Waals surface area contributed by atoms with E-state index in [1.165, 1.54) is 51.0 Å². The molecule has 1 saturated carbocycles. The Kier molecular flexibility index (Phi) is 5.05. The highest BCUT2D eigenvalue weighted by Gasteiger charge is 2.23. The molecule has 1 fully saturated rings. The van der Waals surface area contributed by atoms with Crippen molar-refractivity contribution < 1.29 is 0 Å². The van der Waals surface area contributed by atoms with Crippen molar-refractivity contribution in [1.29, 1.82) is 0 Å². The second-order valence-electron chi connectivity index (χ2n) is 6.65. The molecule has 2 rings (SSSR count). The van der Waals surface area contributed by atoms with Crippen LogP contribution in [0.5, 0.6) is 0 Å². The summed E-state index contributed by atoms with van der Waals surface area (Å²) in [6.07, 6.45) is 10.4. The summed E-state index contributed by atoms with van der Waals surface area (Å²) in [4.78, 5) is 0. The fourth-order valence-electron chi connectivity index (χ4n) is 3.34. The summed E-state index contributed by atoms with van der Waals surface area (Å²) in [6.45, 7) is 5.06. The molecule has 0 aliphatic heterocycles. The molecule has 1 aliphatic rings. The van der Waals surface area contributed by atoms with Crippen molar-refractivity contribution in [1.82, 2.24) is 0 Å². The molecule has 0 heterocycles. The zero-order valence-electron chi connectivity index (χ0n) is 12.1. The normalized spacial score (nSPS) is 17.9. The van der Waals surface area contributed by atoms with Crippen molar-refractivity contribution in [2.24, 2.45) is 5.92 Å². The smallest absolute Gasteiger partial charge is 0.0654 e. The van der Waals surface area contributed by atoms with Crippen LogP contribution in [0.2, 0.25) is 19.1 Å². The Labute approximate surface area is 114 Å². The van der Waals surface area contributed by atoms with E-state index in [4.69, 9.17) is 0 Å². The summed E-state index contributed by atoms with van der Waals surface area (Å²) >= 11 is 0. The SMILES string of the molecule is C[Si](C)(CCCC1CCCCC1)c1ccccc1. The van der Waals surface area contributed by atoms with E-state index in [0.717, 1.165) is 5.92 Å². The molecule has 1 heteroatoms. The average molecular weight is 260 g/mol. The average Bonchev–Trinajstić information content (AvgIpc) is 2.41. The Morgan fingerprint density at radius 3 is 2.33 bits per heavy atom. The topological polar surface area (TPSA) is 0 Å². The molecule has 0 amide bonds. The number of benzene rings is 1. The molecule has 0 saturated heterocycles. The molecule has 0 unspecified atom stereocenters. The number of hydrogen-bond acceptors (Lipinski definition) is 0. The molecule has 0 bridgehead atoms. The lowest BCUT2D eigenvalue weighted by atomic mass is 9.86. The first-order valence-corrected chi connectivity index (χ1v) is 10.9. The van der Waals surface area contributed by atoms with Gasteiger partial charge in [-0.25, -0.2) is 0 Å². The molecular weight excluding hydrogens is 232 g/mol. The molecule has 0 spiro atoms. The summed E-state index contributed by atoms with van der Waals surface area (Å²) in [5.41, 5.74) is 0. The van der Waals surface area contributed by atoms with Crippen LogP contribution in [-0.2, 0) is 0 Å². The highest BCUT2D eigenvalue weighted by atomic mass is 28.3. The monoisotopic (exact) mass is 260 g/mol. The first kappa shape index (κ1) is 13.9. The number of hydrogen-bond donors (Lipinski definition) is 0. The molecule has 18 heavy (non-hydrogen) atoms. The maximum Gasteiger partial charge on any atom is 0.0806 e. The summed E-state index contributed by atoms with van der Waals surface area (Å²) in [5, 5.41) is 1.63. The second kappa shape index (κ2) is 6.56. The van der Waals surface area contributed by atoms with Gasteiger partial charge in [-0.05, 0) is 5.92 Å². The van der Waals surface area contributed by atoms with Gasteiger partial charge in [0.15, 0.2) is 0 Å². The summed E-state index contributed by atoms with van der Waals surface area (Å²) in [5.74, 6) is 1.05. The fourth-order valence-corrected chi connectivity index (χ4v) is 5.81. The Bertz CT molecular complexity index is 336. The van der Waals surface area contributed by atoms with E-state index in [9.17, 15) is 0 Å². The Hall–Kier alpha value is -0.563. The minimum atomic E-state index is -1.16. The van der Waals surface area contributed by atoms with Gasteiger partial charge < -0.3 is 0 Å². The van der Waals surface area contributed by atoms with Crippen LogP contribution >= 0.6 is 0 Å². The van der Waals surface area contributed by atoms with Crippen molar-refractivity contribution in [2.75, 3.05) is 0 Å².